The van der Waals surface area contributed by atoms with Crippen LogP contribution >= 0.6 is 0 Å². The largest absolute Gasteiger partial charge is 0.300 e. The molecule has 0 aliphatic carbocycles. The molecule has 0 saturated carbocycles. The summed E-state index contributed by atoms with van der Waals surface area (Å²) in [5.74, 6) is 0.707. The minimum absolute atomic E-state index is 0.146. The van der Waals surface area contributed by atoms with E-state index in [0.717, 1.165) is 45.6 Å². The highest BCUT2D eigenvalue weighted by atomic mass is 19.1. The Morgan fingerprint density at radius 2 is 1.81 bits per heavy atom. The number of benzene rings is 1. The van der Waals surface area contributed by atoms with E-state index >= 15 is 4.39 Å². The van der Waals surface area contributed by atoms with Gasteiger partial charge in [0.2, 0.25) is 0 Å². The summed E-state index contributed by atoms with van der Waals surface area (Å²) < 4.78 is 15.0. The number of halogens is 1. The van der Waals surface area contributed by atoms with Crippen LogP contribution in [-0.2, 0) is 6.54 Å². The molecule has 1 aromatic carbocycles. The lowest BCUT2D eigenvalue weighted by Gasteiger charge is -2.46. The first kappa shape index (κ1) is 18.4. The van der Waals surface area contributed by atoms with E-state index < -0.39 is 6.17 Å². The van der Waals surface area contributed by atoms with Gasteiger partial charge in [-0.25, -0.2) is 4.39 Å². The average Bonchev–Trinajstić information content (AvgIpc) is 2.93. The number of rotatable bonds is 5. The van der Waals surface area contributed by atoms with E-state index in [0.29, 0.717) is 18.5 Å². The summed E-state index contributed by atoms with van der Waals surface area (Å²) in [6.45, 7) is 9.37. The third-order valence-electron chi connectivity index (χ3n) is 6.64. The third kappa shape index (κ3) is 4.13. The zero-order valence-corrected chi connectivity index (χ0v) is 16.2. The molecular formula is C22H34FN3. The monoisotopic (exact) mass is 359 g/mol. The Labute approximate surface area is 158 Å². The molecular weight excluding hydrogens is 325 g/mol. The number of alkyl halides is 1. The Balaban J connectivity index is 1.40. The minimum Gasteiger partial charge on any atom is -0.300 e. The molecule has 4 heterocycles. The van der Waals surface area contributed by atoms with Crippen molar-refractivity contribution in [2.45, 2.75) is 57.4 Å². The number of piperidine rings is 2. The van der Waals surface area contributed by atoms with Crippen LogP contribution in [0, 0.1) is 5.92 Å². The van der Waals surface area contributed by atoms with Gasteiger partial charge in [0, 0.05) is 44.8 Å². The Hall–Kier alpha value is -0.970. The van der Waals surface area contributed by atoms with Crippen molar-refractivity contribution in [2.24, 2.45) is 5.92 Å². The van der Waals surface area contributed by atoms with Crippen LogP contribution in [0.2, 0.25) is 0 Å². The van der Waals surface area contributed by atoms with Crippen molar-refractivity contribution in [1.29, 1.82) is 0 Å². The maximum atomic E-state index is 15.0. The minimum atomic E-state index is -0.683. The second kappa shape index (κ2) is 8.37. The Bertz CT molecular complexity index is 566. The molecule has 1 aromatic rings. The van der Waals surface area contributed by atoms with Crippen LogP contribution in [0.15, 0.2) is 30.3 Å². The normalized spacial score (nSPS) is 34.1. The molecule has 4 heteroatoms. The number of likely N-dealkylation sites (tertiary alicyclic amines) is 1. The Morgan fingerprint density at radius 1 is 0.962 bits per heavy atom. The summed E-state index contributed by atoms with van der Waals surface area (Å²) in [5.41, 5.74) is 1.40. The van der Waals surface area contributed by atoms with E-state index in [9.17, 15) is 0 Å². The fourth-order valence-electron chi connectivity index (χ4n) is 5.44. The highest BCUT2D eigenvalue weighted by molar-refractivity contribution is 5.14. The van der Waals surface area contributed by atoms with Crippen molar-refractivity contribution < 1.29 is 4.39 Å². The number of hydrogen-bond donors (Lipinski definition) is 0. The molecule has 4 atom stereocenters. The van der Waals surface area contributed by atoms with Crippen molar-refractivity contribution in [3.8, 4) is 0 Å². The highest BCUT2D eigenvalue weighted by Gasteiger charge is 2.42. The first-order valence-electron chi connectivity index (χ1n) is 10.6. The molecule has 4 saturated heterocycles. The van der Waals surface area contributed by atoms with Gasteiger partial charge in [0.1, 0.15) is 6.17 Å². The molecule has 4 fully saturated rings. The molecule has 2 bridgehead atoms. The topological polar surface area (TPSA) is 9.72 Å². The fourth-order valence-corrected chi connectivity index (χ4v) is 5.44. The molecule has 0 amide bonds. The lowest BCUT2D eigenvalue weighted by atomic mass is 9.90. The molecule has 144 valence electrons. The smallest absolute Gasteiger partial charge is 0.128 e. The standard InChI is InChI=1S/C22H34FN3/c1-2-11-24-12-10-22(21(23)17-24)26-15-19-8-9-20(26)16-25(14-19)13-18-6-4-3-5-7-18/h3-7,19-22H,2,8-17H2,1H3. The summed E-state index contributed by atoms with van der Waals surface area (Å²) in [4.78, 5) is 7.52. The molecule has 0 N–H and O–H groups in total. The van der Waals surface area contributed by atoms with Crippen molar-refractivity contribution in [2.75, 3.05) is 39.3 Å². The van der Waals surface area contributed by atoms with Gasteiger partial charge in [-0.2, -0.15) is 0 Å². The van der Waals surface area contributed by atoms with Crippen LogP contribution < -0.4 is 0 Å². The molecule has 5 rings (SSSR count). The van der Waals surface area contributed by atoms with Gasteiger partial charge in [-0.1, -0.05) is 37.3 Å². The summed E-state index contributed by atoms with van der Waals surface area (Å²) in [7, 11) is 0. The van der Waals surface area contributed by atoms with E-state index in [1.807, 2.05) is 0 Å². The molecule has 0 aromatic heterocycles. The lowest BCUT2D eigenvalue weighted by molar-refractivity contribution is -0.00772. The first-order valence-corrected chi connectivity index (χ1v) is 10.6. The molecule has 4 aliphatic heterocycles. The van der Waals surface area contributed by atoms with Gasteiger partial charge in [-0.15, -0.1) is 0 Å². The summed E-state index contributed by atoms with van der Waals surface area (Å²) in [5, 5.41) is 0. The lowest BCUT2D eigenvalue weighted by Crippen LogP contribution is -2.58. The van der Waals surface area contributed by atoms with E-state index in [2.05, 4.69) is 52.0 Å². The molecule has 0 radical (unpaired) electrons. The summed E-state index contributed by atoms with van der Waals surface area (Å²) >= 11 is 0. The average molecular weight is 360 g/mol. The van der Waals surface area contributed by atoms with E-state index in [1.54, 1.807) is 0 Å². The van der Waals surface area contributed by atoms with Gasteiger partial charge in [0.25, 0.3) is 0 Å². The first-order chi connectivity index (χ1) is 12.7. The Kier molecular flexibility index (Phi) is 5.92. The van der Waals surface area contributed by atoms with Crippen LogP contribution in [-0.4, -0.2) is 72.2 Å². The van der Waals surface area contributed by atoms with Crippen molar-refractivity contribution in [3.05, 3.63) is 35.9 Å². The maximum absolute atomic E-state index is 15.0. The summed E-state index contributed by atoms with van der Waals surface area (Å²) in [6, 6.07) is 11.5. The SMILES string of the molecule is CCCN1CCC(N2CC3CCC2CN(Cc2ccccc2)C3)C(F)C1. The van der Waals surface area contributed by atoms with Gasteiger partial charge in [-0.3, -0.25) is 9.80 Å². The van der Waals surface area contributed by atoms with Crippen LogP contribution in [0.4, 0.5) is 4.39 Å². The Morgan fingerprint density at radius 3 is 2.58 bits per heavy atom. The highest BCUT2D eigenvalue weighted by Crippen LogP contribution is 2.33. The number of nitrogens with zero attached hydrogens (tertiary/aromatic N) is 3. The van der Waals surface area contributed by atoms with Crippen molar-refractivity contribution >= 4 is 0 Å². The molecule has 4 unspecified atom stereocenters. The van der Waals surface area contributed by atoms with Crippen LogP contribution in [0.5, 0.6) is 0 Å². The summed E-state index contributed by atoms with van der Waals surface area (Å²) in [6.07, 6.45) is 4.01. The van der Waals surface area contributed by atoms with Crippen LogP contribution in [0.1, 0.15) is 38.2 Å². The van der Waals surface area contributed by atoms with Gasteiger partial charge in [0.15, 0.2) is 0 Å². The van der Waals surface area contributed by atoms with Gasteiger partial charge in [-0.05, 0) is 50.3 Å². The fraction of sp³-hybridized carbons (Fsp3) is 0.727. The van der Waals surface area contributed by atoms with Crippen LogP contribution in [0.3, 0.4) is 0 Å². The quantitative estimate of drug-likeness (QED) is 0.798. The molecule has 4 aliphatic rings. The molecule has 3 nitrogen and oxygen atoms in total. The van der Waals surface area contributed by atoms with E-state index in [4.69, 9.17) is 0 Å². The number of fused-ring (bicyclic) bond motifs is 4. The zero-order chi connectivity index (χ0) is 17.9. The van der Waals surface area contributed by atoms with E-state index in [1.165, 1.54) is 24.9 Å². The third-order valence-corrected chi connectivity index (χ3v) is 6.64. The second-order valence-corrected chi connectivity index (χ2v) is 8.65. The maximum Gasteiger partial charge on any atom is 0.128 e. The zero-order valence-electron chi connectivity index (χ0n) is 16.2. The molecule has 0 spiro atoms. The van der Waals surface area contributed by atoms with Crippen LogP contribution in [0.25, 0.3) is 0 Å². The predicted molar refractivity (Wildman–Crippen MR) is 105 cm³/mol. The number of hydrogen-bond acceptors (Lipinski definition) is 3. The van der Waals surface area contributed by atoms with Gasteiger partial charge in [0.05, 0.1) is 0 Å². The second-order valence-electron chi connectivity index (χ2n) is 8.65. The van der Waals surface area contributed by atoms with Crippen molar-refractivity contribution in [3.63, 3.8) is 0 Å². The van der Waals surface area contributed by atoms with Gasteiger partial charge >= 0.3 is 0 Å². The molecule has 26 heavy (non-hydrogen) atoms. The van der Waals surface area contributed by atoms with Gasteiger partial charge < -0.3 is 4.90 Å². The predicted octanol–water partition coefficient (Wildman–Crippen LogP) is 3.41. The van der Waals surface area contributed by atoms with E-state index in [-0.39, 0.29) is 6.04 Å². The van der Waals surface area contributed by atoms with Crippen molar-refractivity contribution in [1.82, 2.24) is 14.7 Å².